The Morgan fingerprint density at radius 3 is 2.75 bits per heavy atom. The minimum atomic E-state index is -0.594. The van der Waals surface area contributed by atoms with Crippen molar-refractivity contribution in [3.05, 3.63) is 30.3 Å². The second-order valence-electron chi connectivity index (χ2n) is 6.18. The van der Waals surface area contributed by atoms with Crippen LogP contribution in [0.1, 0.15) is 29.8 Å². The van der Waals surface area contributed by atoms with Crippen molar-refractivity contribution in [2.45, 2.75) is 19.3 Å². The van der Waals surface area contributed by atoms with Crippen LogP contribution in [0.4, 0.5) is 5.69 Å². The van der Waals surface area contributed by atoms with E-state index in [4.69, 9.17) is 10.2 Å². The Balaban J connectivity index is 1.87. The summed E-state index contributed by atoms with van der Waals surface area (Å²) in [4.78, 5) is 17.9. The Labute approximate surface area is 139 Å². The van der Waals surface area contributed by atoms with E-state index < -0.39 is 5.91 Å². The van der Waals surface area contributed by atoms with Crippen LogP contribution in [0.2, 0.25) is 0 Å². The number of aromatic nitrogens is 3. The fourth-order valence-electron chi connectivity index (χ4n) is 3.26. The minimum absolute atomic E-state index is 0.135. The van der Waals surface area contributed by atoms with E-state index >= 15 is 0 Å². The van der Waals surface area contributed by atoms with Gasteiger partial charge in [-0.05, 0) is 31.4 Å². The number of nitrogens with two attached hydrogens (primary N) is 1. The zero-order valence-electron chi connectivity index (χ0n) is 13.5. The van der Waals surface area contributed by atoms with Gasteiger partial charge in [0, 0.05) is 31.7 Å². The molecule has 0 radical (unpaired) electrons. The number of fused-ring (bicyclic) bond motifs is 1. The maximum absolute atomic E-state index is 11.3. The topological polar surface area (TPSA) is 90.2 Å². The third kappa shape index (κ3) is 2.51. The first-order valence-electron chi connectivity index (χ1n) is 8.10. The predicted octanol–water partition coefficient (Wildman–Crippen LogP) is 2.32. The summed E-state index contributed by atoms with van der Waals surface area (Å²) in [6, 6.07) is 4.09. The van der Waals surface area contributed by atoms with Gasteiger partial charge in [-0.1, -0.05) is 0 Å². The summed E-state index contributed by atoms with van der Waals surface area (Å²) in [5, 5.41) is 5.54. The van der Waals surface area contributed by atoms with Crippen molar-refractivity contribution in [3.63, 3.8) is 0 Å². The average Bonchev–Trinajstić information content (AvgIpc) is 3.19. The summed E-state index contributed by atoms with van der Waals surface area (Å²) in [7, 11) is 1.90. The number of carbonyl (C=O) groups excluding carboxylic acids is 1. The predicted molar refractivity (Wildman–Crippen MR) is 90.8 cm³/mol. The maximum Gasteiger partial charge on any atom is 0.270 e. The highest BCUT2D eigenvalue weighted by Gasteiger charge is 2.21. The highest BCUT2D eigenvalue weighted by Crippen LogP contribution is 2.35. The molecule has 0 spiro atoms. The Kier molecular flexibility index (Phi) is 3.48. The van der Waals surface area contributed by atoms with Crippen LogP contribution >= 0.6 is 0 Å². The summed E-state index contributed by atoms with van der Waals surface area (Å²) >= 11 is 0. The molecule has 1 aliphatic heterocycles. The average molecular weight is 325 g/mol. The fraction of sp³-hybridized carbons (Fsp3) is 0.353. The van der Waals surface area contributed by atoms with Crippen molar-refractivity contribution in [1.29, 1.82) is 0 Å². The molecule has 1 fully saturated rings. The lowest BCUT2D eigenvalue weighted by atomic mass is 10.1. The number of anilines is 1. The summed E-state index contributed by atoms with van der Waals surface area (Å²) < 4.78 is 7.32. The van der Waals surface area contributed by atoms with Crippen molar-refractivity contribution in [2.75, 3.05) is 18.0 Å². The quantitative estimate of drug-likeness (QED) is 0.798. The van der Waals surface area contributed by atoms with Crippen LogP contribution in [0.15, 0.2) is 29.0 Å². The molecule has 4 rings (SSSR count). The van der Waals surface area contributed by atoms with Crippen LogP contribution in [-0.4, -0.2) is 33.8 Å². The lowest BCUT2D eigenvalue weighted by Gasteiger charge is -2.30. The van der Waals surface area contributed by atoms with Crippen molar-refractivity contribution >= 4 is 22.5 Å². The monoisotopic (exact) mass is 325 g/mol. The summed E-state index contributed by atoms with van der Waals surface area (Å²) in [6.45, 7) is 2.00. The molecule has 7 nitrogen and oxygen atoms in total. The van der Waals surface area contributed by atoms with Gasteiger partial charge < -0.3 is 15.1 Å². The van der Waals surface area contributed by atoms with Crippen LogP contribution in [0.5, 0.6) is 0 Å². The van der Waals surface area contributed by atoms with E-state index in [0.29, 0.717) is 5.89 Å². The van der Waals surface area contributed by atoms with Gasteiger partial charge in [0.1, 0.15) is 6.26 Å². The highest BCUT2D eigenvalue weighted by molar-refractivity contribution is 5.93. The molecule has 24 heavy (non-hydrogen) atoms. The van der Waals surface area contributed by atoms with Gasteiger partial charge in [-0.25, -0.2) is 4.98 Å². The van der Waals surface area contributed by atoms with Crippen LogP contribution in [0, 0.1) is 0 Å². The fourth-order valence-corrected chi connectivity index (χ4v) is 3.26. The number of hydrogen-bond acceptors (Lipinski definition) is 5. The lowest BCUT2D eigenvalue weighted by molar-refractivity contribution is 0.0995. The number of rotatable bonds is 3. The molecule has 1 aromatic carbocycles. The van der Waals surface area contributed by atoms with E-state index in [1.165, 1.54) is 25.5 Å². The first kappa shape index (κ1) is 14.7. The molecule has 1 amide bonds. The molecule has 0 aliphatic carbocycles. The molecule has 1 aliphatic rings. The molecule has 3 heterocycles. The normalized spacial score (nSPS) is 15.1. The summed E-state index contributed by atoms with van der Waals surface area (Å²) in [5.41, 5.74) is 8.20. The molecule has 0 saturated carbocycles. The van der Waals surface area contributed by atoms with Crippen molar-refractivity contribution in [3.8, 4) is 11.5 Å². The van der Waals surface area contributed by atoms with Gasteiger partial charge in [0.05, 0.1) is 16.8 Å². The molecule has 0 unspecified atom stereocenters. The zero-order chi connectivity index (χ0) is 16.7. The van der Waals surface area contributed by atoms with Gasteiger partial charge in [-0.2, -0.15) is 5.10 Å². The van der Waals surface area contributed by atoms with Gasteiger partial charge in [-0.3, -0.25) is 9.48 Å². The molecule has 7 heteroatoms. The first-order chi connectivity index (χ1) is 11.6. The number of hydrogen-bond donors (Lipinski definition) is 1. The van der Waals surface area contributed by atoms with Gasteiger partial charge in [-0.15, -0.1) is 0 Å². The van der Waals surface area contributed by atoms with Crippen molar-refractivity contribution in [2.24, 2.45) is 12.8 Å². The van der Waals surface area contributed by atoms with Crippen LogP contribution in [-0.2, 0) is 7.05 Å². The Morgan fingerprint density at radius 2 is 2.04 bits per heavy atom. The number of amides is 1. The number of piperidine rings is 1. The van der Waals surface area contributed by atoms with Crippen LogP contribution in [0.25, 0.3) is 22.4 Å². The smallest absolute Gasteiger partial charge is 0.270 e. The van der Waals surface area contributed by atoms with E-state index in [0.717, 1.165) is 35.2 Å². The maximum atomic E-state index is 11.3. The Bertz CT molecular complexity index is 905. The highest BCUT2D eigenvalue weighted by atomic mass is 16.3. The largest absolute Gasteiger partial charge is 0.444 e. The number of primary amides is 1. The third-order valence-electron chi connectivity index (χ3n) is 4.42. The second-order valence-corrected chi connectivity index (χ2v) is 6.18. The SMILES string of the molecule is Cn1cc2cc(N3CCCCC3)c(-c3nc(C(N)=O)co3)cc2n1. The third-order valence-corrected chi connectivity index (χ3v) is 4.42. The van der Waals surface area contributed by atoms with Crippen LogP contribution in [0.3, 0.4) is 0 Å². The molecule has 3 aromatic rings. The Hall–Kier alpha value is -2.83. The molecule has 0 atom stereocenters. The van der Waals surface area contributed by atoms with E-state index in [1.54, 1.807) is 4.68 Å². The van der Waals surface area contributed by atoms with Gasteiger partial charge >= 0.3 is 0 Å². The summed E-state index contributed by atoms with van der Waals surface area (Å²) in [6.07, 6.45) is 6.90. The van der Waals surface area contributed by atoms with Crippen LogP contribution < -0.4 is 10.6 Å². The van der Waals surface area contributed by atoms with Gasteiger partial charge in [0.25, 0.3) is 5.91 Å². The number of carbonyl (C=O) groups is 1. The number of nitrogens with zero attached hydrogens (tertiary/aromatic N) is 4. The van der Waals surface area contributed by atoms with E-state index in [-0.39, 0.29) is 5.69 Å². The molecular formula is C17H19N5O2. The molecule has 2 aromatic heterocycles. The molecule has 124 valence electrons. The molecule has 2 N–H and O–H groups in total. The molecule has 0 bridgehead atoms. The van der Waals surface area contributed by atoms with Gasteiger partial charge in [0.15, 0.2) is 5.69 Å². The minimum Gasteiger partial charge on any atom is -0.444 e. The second kappa shape index (κ2) is 5.67. The van der Waals surface area contributed by atoms with Crippen molar-refractivity contribution < 1.29 is 9.21 Å². The van der Waals surface area contributed by atoms with E-state index in [9.17, 15) is 4.79 Å². The lowest BCUT2D eigenvalue weighted by Crippen LogP contribution is -2.29. The summed E-state index contributed by atoms with van der Waals surface area (Å²) in [5.74, 6) is -0.194. The van der Waals surface area contributed by atoms with E-state index in [1.807, 2.05) is 19.3 Å². The zero-order valence-corrected chi connectivity index (χ0v) is 13.5. The first-order valence-corrected chi connectivity index (χ1v) is 8.10. The standard InChI is InChI=1S/C17H19N5O2/c1-21-9-11-7-15(22-5-3-2-4-6-22)12(8-13(11)20-21)17-19-14(10-24-17)16(18)23/h7-10H,2-6H2,1H3,(H2,18,23). The molecule has 1 saturated heterocycles. The van der Waals surface area contributed by atoms with E-state index in [2.05, 4.69) is 21.0 Å². The number of oxazole rings is 1. The van der Waals surface area contributed by atoms with Gasteiger partial charge in [0.2, 0.25) is 5.89 Å². The number of aryl methyl sites for hydroxylation is 1. The number of benzene rings is 1. The van der Waals surface area contributed by atoms with Crippen molar-refractivity contribution in [1.82, 2.24) is 14.8 Å². The molecular weight excluding hydrogens is 306 g/mol. The Morgan fingerprint density at radius 1 is 1.25 bits per heavy atom.